The Labute approximate surface area is 160 Å². The number of hydrogen-bond acceptors (Lipinski definition) is 6. The number of alkyl carbamates (subject to hydrolysis) is 1. The van der Waals surface area contributed by atoms with Crippen LogP contribution in [0.25, 0.3) is 0 Å². The summed E-state index contributed by atoms with van der Waals surface area (Å²) in [6.07, 6.45) is 3.09. The third-order valence-corrected chi connectivity index (χ3v) is 4.07. The van der Waals surface area contributed by atoms with E-state index in [0.29, 0.717) is 5.71 Å². The summed E-state index contributed by atoms with van der Waals surface area (Å²) in [7, 11) is 0. The molecule has 1 saturated heterocycles. The van der Waals surface area contributed by atoms with Gasteiger partial charge in [0.2, 0.25) is 0 Å². The van der Waals surface area contributed by atoms with E-state index in [2.05, 4.69) is 27.5 Å². The monoisotopic (exact) mass is 375 g/mol. The quantitative estimate of drug-likeness (QED) is 0.484. The Morgan fingerprint density at radius 3 is 2.33 bits per heavy atom. The summed E-state index contributed by atoms with van der Waals surface area (Å²) in [5, 5.41) is 6.19. The van der Waals surface area contributed by atoms with Crippen molar-refractivity contribution in [1.82, 2.24) is 5.32 Å². The minimum Gasteiger partial charge on any atom is -0.444 e. The second-order valence-corrected chi connectivity index (χ2v) is 7.59. The molecule has 7 nitrogen and oxygen atoms in total. The normalized spacial score (nSPS) is 15.3. The molecule has 27 heavy (non-hydrogen) atoms. The molecule has 0 spiro atoms. The van der Waals surface area contributed by atoms with Crippen LogP contribution in [0.15, 0.2) is 29.4 Å². The number of hydrogen-bond donors (Lipinski definition) is 1. The maximum absolute atomic E-state index is 11.7. The molecule has 1 aromatic carbocycles. The number of amides is 1. The van der Waals surface area contributed by atoms with Gasteiger partial charge in [-0.1, -0.05) is 17.3 Å². The molecular formula is C20H29N3O4. The van der Waals surface area contributed by atoms with Crippen LogP contribution in [0.5, 0.6) is 0 Å². The Morgan fingerprint density at radius 2 is 1.74 bits per heavy atom. The molecule has 1 aliphatic heterocycles. The van der Waals surface area contributed by atoms with Crippen molar-refractivity contribution in [2.45, 2.75) is 52.6 Å². The van der Waals surface area contributed by atoms with Crippen LogP contribution in [0.4, 0.5) is 10.5 Å². The number of piperidine rings is 1. The highest BCUT2D eigenvalue weighted by Gasteiger charge is 2.17. The molecule has 0 bridgehead atoms. The summed E-state index contributed by atoms with van der Waals surface area (Å²) < 4.78 is 5.05. The summed E-state index contributed by atoms with van der Waals surface area (Å²) in [6, 6.07) is 8.06. The number of anilines is 1. The summed E-state index contributed by atoms with van der Waals surface area (Å²) in [4.78, 5) is 30.4. The Hall–Kier alpha value is -2.57. The predicted octanol–water partition coefficient (Wildman–Crippen LogP) is 3.47. The van der Waals surface area contributed by atoms with Crippen LogP contribution in [0, 0.1) is 0 Å². The highest BCUT2D eigenvalue weighted by Crippen LogP contribution is 2.20. The van der Waals surface area contributed by atoms with Gasteiger partial charge in [-0.25, -0.2) is 9.59 Å². The fraction of sp³-hybridized carbons (Fsp3) is 0.550. The van der Waals surface area contributed by atoms with E-state index < -0.39 is 17.7 Å². The molecule has 0 atom stereocenters. The van der Waals surface area contributed by atoms with E-state index in [-0.39, 0.29) is 6.54 Å². The van der Waals surface area contributed by atoms with Crippen LogP contribution < -0.4 is 10.2 Å². The Balaban J connectivity index is 1.82. The molecule has 0 saturated carbocycles. The fourth-order valence-electron chi connectivity index (χ4n) is 2.73. The molecule has 7 heteroatoms. The molecule has 0 aromatic heterocycles. The molecular weight excluding hydrogens is 346 g/mol. The molecule has 1 N–H and O–H groups in total. The van der Waals surface area contributed by atoms with E-state index in [1.807, 2.05) is 12.1 Å². The number of carbonyl (C=O) groups excluding carboxylic acids is 2. The van der Waals surface area contributed by atoms with Gasteiger partial charge in [0, 0.05) is 18.8 Å². The minimum atomic E-state index is -0.673. The lowest BCUT2D eigenvalue weighted by atomic mass is 10.1. The van der Waals surface area contributed by atoms with Gasteiger partial charge < -0.3 is 19.8 Å². The summed E-state index contributed by atoms with van der Waals surface area (Å²) in [6.45, 7) is 8.88. The third-order valence-electron chi connectivity index (χ3n) is 4.07. The number of rotatable bonds is 5. The molecule has 1 aliphatic rings. The van der Waals surface area contributed by atoms with Gasteiger partial charge in [-0.3, -0.25) is 0 Å². The zero-order chi connectivity index (χ0) is 19.9. The van der Waals surface area contributed by atoms with E-state index >= 15 is 0 Å². The highest BCUT2D eigenvalue weighted by atomic mass is 16.7. The summed E-state index contributed by atoms with van der Waals surface area (Å²) in [5.74, 6) is -0.662. The van der Waals surface area contributed by atoms with Gasteiger partial charge in [0.25, 0.3) is 0 Å². The minimum absolute atomic E-state index is 0.306. The van der Waals surface area contributed by atoms with E-state index in [0.717, 1.165) is 18.7 Å². The van der Waals surface area contributed by atoms with Gasteiger partial charge in [-0.15, -0.1) is 0 Å². The number of nitrogens with one attached hydrogen (secondary N) is 1. The molecule has 0 radical (unpaired) electrons. The molecule has 0 unspecified atom stereocenters. The van der Waals surface area contributed by atoms with E-state index in [1.54, 1.807) is 27.7 Å². The average Bonchev–Trinajstić information content (AvgIpc) is 2.64. The summed E-state index contributed by atoms with van der Waals surface area (Å²) in [5.41, 5.74) is 2.04. The van der Waals surface area contributed by atoms with Gasteiger partial charge in [0.15, 0.2) is 0 Å². The van der Waals surface area contributed by atoms with Crippen LogP contribution in [-0.4, -0.2) is 43.0 Å². The fourth-order valence-corrected chi connectivity index (χ4v) is 2.73. The second kappa shape index (κ2) is 9.39. The largest absolute Gasteiger partial charge is 0.444 e. The van der Waals surface area contributed by atoms with Crippen LogP contribution in [0.1, 0.15) is 52.5 Å². The van der Waals surface area contributed by atoms with Crippen molar-refractivity contribution < 1.29 is 19.2 Å². The predicted molar refractivity (Wildman–Crippen MR) is 105 cm³/mol. The average molecular weight is 375 g/mol. The number of ether oxygens (including phenoxy) is 1. The lowest BCUT2D eigenvalue weighted by Crippen LogP contribution is -2.35. The number of oxime groups is 1. The smallest absolute Gasteiger partial charge is 0.408 e. The second-order valence-electron chi connectivity index (χ2n) is 7.59. The lowest BCUT2D eigenvalue weighted by molar-refractivity contribution is -0.142. The topological polar surface area (TPSA) is 80.2 Å². The first kappa shape index (κ1) is 20.7. The zero-order valence-corrected chi connectivity index (χ0v) is 16.6. The number of carbonyl (C=O) groups is 2. The molecule has 1 heterocycles. The molecule has 1 aromatic rings. The van der Waals surface area contributed by atoms with Crippen molar-refractivity contribution in [1.29, 1.82) is 0 Å². The Bertz CT molecular complexity index is 671. The van der Waals surface area contributed by atoms with Gasteiger partial charge >= 0.3 is 12.1 Å². The van der Waals surface area contributed by atoms with Crippen molar-refractivity contribution in [3.05, 3.63) is 29.8 Å². The highest BCUT2D eigenvalue weighted by molar-refractivity contribution is 5.99. The number of nitrogens with zero attached hydrogens (tertiary/aromatic N) is 2. The summed E-state index contributed by atoms with van der Waals surface area (Å²) >= 11 is 0. The standard InChI is InChI=1S/C20H29N3O4/c1-15(22-27-18(24)14-21-19(25)26-20(2,3)4)16-8-10-17(11-9-16)23-12-6-5-7-13-23/h8-11H,5-7,12-14H2,1-4H3,(H,21,25)/b22-15+. The van der Waals surface area contributed by atoms with Crippen LogP contribution >= 0.6 is 0 Å². The Kier molecular flexibility index (Phi) is 7.21. The van der Waals surface area contributed by atoms with Crippen LogP contribution in [-0.2, 0) is 14.4 Å². The van der Waals surface area contributed by atoms with Crippen molar-refractivity contribution in [2.24, 2.45) is 5.16 Å². The lowest BCUT2D eigenvalue weighted by Gasteiger charge is -2.28. The van der Waals surface area contributed by atoms with Crippen molar-refractivity contribution in [3.63, 3.8) is 0 Å². The van der Waals surface area contributed by atoms with Crippen molar-refractivity contribution in [3.8, 4) is 0 Å². The molecule has 0 aliphatic carbocycles. The number of benzene rings is 1. The van der Waals surface area contributed by atoms with Crippen molar-refractivity contribution >= 4 is 23.5 Å². The van der Waals surface area contributed by atoms with E-state index in [4.69, 9.17) is 9.57 Å². The molecule has 2 rings (SSSR count). The van der Waals surface area contributed by atoms with Gasteiger partial charge in [0.05, 0.1) is 5.71 Å². The maximum Gasteiger partial charge on any atom is 0.408 e. The van der Waals surface area contributed by atoms with Crippen molar-refractivity contribution in [2.75, 3.05) is 24.5 Å². The molecule has 1 fully saturated rings. The Morgan fingerprint density at radius 1 is 1.11 bits per heavy atom. The zero-order valence-electron chi connectivity index (χ0n) is 16.6. The first-order valence-corrected chi connectivity index (χ1v) is 9.31. The van der Waals surface area contributed by atoms with E-state index in [1.165, 1.54) is 24.9 Å². The molecule has 1 amide bonds. The first-order valence-electron chi connectivity index (χ1n) is 9.31. The van der Waals surface area contributed by atoms with Gasteiger partial charge in [0.1, 0.15) is 12.1 Å². The SMILES string of the molecule is C/C(=N\OC(=O)CNC(=O)OC(C)(C)C)c1ccc(N2CCCCC2)cc1. The first-order chi connectivity index (χ1) is 12.7. The maximum atomic E-state index is 11.7. The van der Waals surface area contributed by atoms with Crippen LogP contribution in [0.3, 0.4) is 0 Å². The van der Waals surface area contributed by atoms with Crippen LogP contribution in [0.2, 0.25) is 0 Å². The van der Waals surface area contributed by atoms with E-state index in [9.17, 15) is 9.59 Å². The van der Waals surface area contributed by atoms with Gasteiger partial charge in [-0.2, -0.15) is 0 Å². The van der Waals surface area contributed by atoms with Gasteiger partial charge in [-0.05, 0) is 64.7 Å². The molecule has 148 valence electrons. The third kappa shape index (κ3) is 7.29.